The van der Waals surface area contributed by atoms with Crippen LogP contribution in [0.4, 0.5) is 4.79 Å². The van der Waals surface area contributed by atoms with Crippen molar-refractivity contribution >= 4 is 17.9 Å². The predicted octanol–water partition coefficient (Wildman–Crippen LogP) is -0.745. The summed E-state index contributed by atoms with van der Waals surface area (Å²) < 4.78 is 4.82. The Morgan fingerprint density at radius 2 is 1.95 bits per heavy atom. The number of rotatable bonds is 9. The number of imide groups is 1. The molecular formula is C11H21N3O5. The first-order valence-electron chi connectivity index (χ1n) is 6.00. The van der Waals surface area contributed by atoms with Crippen molar-refractivity contribution in [2.75, 3.05) is 39.9 Å². The molecular weight excluding hydrogens is 254 g/mol. The van der Waals surface area contributed by atoms with Crippen molar-refractivity contribution < 1.29 is 24.2 Å². The largest absolute Gasteiger partial charge is 0.480 e. The first-order chi connectivity index (χ1) is 8.99. The second kappa shape index (κ2) is 10.3. The van der Waals surface area contributed by atoms with Crippen LogP contribution >= 0.6 is 0 Å². The highest BCUT2D eigenvalue weighted by atomic mass is 16.5. The van der Waals surface area contributed by atoms with Crippen molar-refractivity contribution in [2.24, 2.45) is 0 Å². The lowest BCUT2D eigenvalue weighted by molar-refractivity contribution is -0.138. The average molecular weight is 275 g/mol. The van der Waals surface area contributed by atoms with Crippen molar-refractivity contribution in [3.8, 4) is 0 Å². The molecule has 0 saturated carbocycles. The lowest BCUT2D eigenvalue weighted by Crippen LogP contribution is -2.46. The van der Waals surface area contributed by atoms with Crippen LogP contribution in [0.2, 0.25) is 0 Å². The van der Waals surface area contributed by atoms with E-state index in [-0.39, 0.29) is 13.1 Å². The molecule has 0 bridgehead atoms. The zero-order chi connectivity index (χ0) is 14.7. The Hall–Kier alpha value is -1.67. The number of amides is 3. The summed E-state index contributed by atoms with van der Waals surface area (Å²) in [5.74, 6) is -1.59. The average Bonchev–Trinajstić information content (AvgIpc) is 2.32. The first-order valence-corrected chi connectivity index (χ1v) is 6.00. The second-order valence-corrected chi connectivity index (χ2v) is 3.90. The van der Waals surface area contributed by atoms with Crippen LogP contribution in [0.5, 0.6) is 0 Å². The zero-order valence-corrected chi connectivity index (χ0v) is 11.3. The Morgan fingerprint density at radius 3 is 2.47 bits per heavy atom. The summed E-state index contributed by atoms with van der Waals surface area (Å²) in [5.41, 5.74) is 0. The van der Waals surface area contributed by atoms with Gasteiger partial charge in [-0.2, -0.15) is 0 Å². The van der Waals surface area contributed by atoms with Gasteiger partial charge < -0.3 is 15.2 Å². The fraction of sp³-hybridized carbons (Fsp3) is 0.727. The molecule has 0 radical (unpaired) electrons. The van der Waals surface area contributed by atoms with Crippen LogP contribution < -0.4 is 10.6 Å². The summed E-state index contributed by atoms with van der Waals surface area (Å²) in [7, 11) is 1.48. The number of carbonyl (C=O) groups excluding carboxylic acids is 2. The van der Waals surface area contributed by atoms with Crippen LogP contribution in [0.3, 0.4) is 0 Å². The van der Waals surface area contributed by atoms with Gasteiger partial charge in [0.15, 0.2) is 0 Å². The van der Waals surface area contributed by atoms with Gasteiger partial charge in [0, 0.05) is 20.2 Å². The Balaban J connectivity index is 4.13. The molecule has 0 heterocycles. The normalized spacial score (nSPS) is 10.3. The summed E-state index contributed by atoms with van der Waals surface area (Å²) in [4.78, 5) is 34.8. The standard InChI is InChI=1S/C11H21N3O5/c1-3-4-12-11(18)13-9(15)7-14(5-6-19-2)8-10(16)17/h3-8H2,1-2H3,(H,16,17)(H2,12,13,15,18). The van der Waals surface area contributed by atoms with Gasteiger partial charge in [0.2, 0.25) is 5.91 Å². The fourth-order valence-corrected chi connectivity index (χ4v) is 1.28. The van der Waals surface area contributed by atoms with Gasteiger partial charge in [-0.1, -0.05) is 6.92 Å². The highest BCUT2D eigenvalue weighted by Gasteiger charge is 2.15. The van der Waals surface area contributed by atoms with Crippen LogP contribution in [-0.4, -0.2) is 67.8 Å². The van der Waals surface area contributed by atoms with Crippen molar-refractivity contribution in [3.63, 3.8) is 0 Å². The van der Waals surface area contributed by atoms with E-state index in [0.29, 0.717) is 19.7 Å². The number of urea groups is 1. The van der Waals surface area contributed by atoms with Crippen molar-refractivity contribution in [1.29, 1.82) is 0 Å². The molecule has 8 nitrogen and oxygen atoms in total. The molecule has 3 N–H and O–H groups in total. The highest BCUT2D eigenvalue weighted by Crippen LogP contribution is 1.89. The lowest BCUT2D eigenvalue weighted by Gasteiger charge is -2.18. The summed E-state index contributed by atoms with van der Waals surface area (Å²) in [5, 5.41) is 13.3. The van der Waals surface area contributed by atoms with E-state index in [1.807, 2.05) is 6.92 Å². The van der Waals surface area contributed by atoms with Gasteiger partial charge in [-0.3, -0.25) is 19.8 Å². The number of hydrogen-bond acceptors (Lipinski definition) is 5. The Morgan fingerprint density at radius 1 is 1.26 bits per heavy atom. The van der Waals surface area contributed by atoms with E-state index in [2.05, 4.69) is 10.6 Å². The molecule has 8 heteroatoms. The third-order valence-electron chi connectivity index (χ3n) is 2.13. The van der Waals surface area contributed by atoms with Gasteiger partial charge in [-0.15, -0.1) is 0 Å². The molecule has 0 spiro atoms. The molecule has 0 aliphatic carbocycles. The highest BCUT2D eigenvalue weighted by molar-refractivity contribution is 5.95. The predicted molar refractivity (Wildman–Crippen MR) is 67.8 cm³/mol. The number of ether oxygens (including phenoxy) is 1. The monoisotopic (exact) mass is 275 g/mol. The van der Waals surface area contributed by atoms with Gasteiger partial charge in [0.25, 0.3) is 0 Å². The second-order valence-electron chi connectivity index (χ2n) is 3.90. The van der Waals surface area contributed by atoms with Crippen LogP contribution in [0.1, 0.15) is 13.3 Å². The topological polar surface area (TPSA) is 108 Å². The SMILES string of the molecule is CCCNC(=O)NC(=O)CN(CCOC)CC(=O)O. The van der Waals surface area contributed by atoms with E-state index in [1.54, 1.807) is 0 Å². The maximum Gasteiger partial charge on any atom is 0.321 e. The van der Waals surface area contributed by atoms with Crippen molar-refractivity contribution in [1.82, 2.24) is 15.5 Å². The summed E-state index contributed by atoms with van der Waals surface area (Å²) in [6.45, 7) is 2.51. The molecule has 0 unspecified atom stereocenters. The molecule has 0 aromatic rings. The Bertz CT molecular complexity index is 309. The molecule has 0 saturated heterocycles. The van der Waals surface area contributed by atoms with Gasteiger partial charge in [0.05, 0.1) is 19.7 Å². The minimum Gasteiger partial charge on any atom is -0.480 e. The lowest BCUT2D eigenvalue weighted by atomic mass is 10.4. The van der Waals surface area contributed by atoms with E-state index in [4.69, 9.17) is 9.84 Å². The third-order valence-corrected chi connectivity index (χ3v) is 2.13. The number of methoxy groups -OCH3 is 1. The zero-order valence-electron chi connectivity index (χ0n) is 11.3. The van der Waals surface area contributed by atoms with Gasteiger partial charge >= 0.3 is 12.0 Å². The van der Waals surface area contributed by atoms with E-state index in [9.17, 15) is 14.4 Å². The molecule has 0 aliphatic rings. The van der Waals surface area contributed by atoms with E-state index in [1.165, 1.54) is 12.0 Å². The third kappa shape index (κ3) is 9.98. The minimum absolute atomic E-state index is 0.171. The fourth-order valence-electron chi connectivity index (χ4n) is 1.28. The van der Waals surface area contributed by atoms with Crippen LogP contribution in [0.15, 0.2) is 0 Å². The number of carboxylic acids is 1. The van der Waals surface area contributed by atoms with Crippen LogP contribution in [-0.2, 0) is 14.3 Å². The molecule has 0 aliphatic heterocycles. The van der Waals surface area contributed by atoms with Gasteiger partial charge in [0.1, 0.15) is 0 Å². The summed E-state index contributed by atoms with van der Waals surface area (Å²) >= 11 is 0. The molecule has 3 amide bonds. The van der Waals surface area contributed by atoms with Gasteiger partial charge in [-0.25, -0.2) is 4.79 Å². The van der Waals surface area contributed by atoms with E-state index >= 15 is 0 Å². The molecule has 0 fully saturated rings. The number of aliphatic carboxylic acids is 1. The molecule has 110 valence electrons. The molecule has 0 rings (SSSR count). The maximum atomic E-state index is 11.5. The minimum atomic E-state index is -1.04. The quantitative estimate of drug-likeness (QED) is 0.511. The van der Waals surface area contributed by atoms with Crippen molar-refractivity contribution in [2.45, 2.75) is 13.3 Å². The molecule has 0 aromatic carbocycles. The Labute approximate surface area is 112 Å². The van der Waals surface area contributed by atoms with Crippen molar-refractivity contribution in [3.05, 3.63) is 0 Å². The number of hydrogen-bond donors (Lipinski definition) is 3. The van der Waals surface area contributed by atoms with E-state index < -0.39 is 17.9 Å². The molecule has 19 heavy (non-hydrogen) atoms. The number of nitrogens with zero attached hydrogens (tertiary/aromatic N) is 1. The first kappa shape index (κ1) is 17.3. The number of carbonyl (C=O) groups is 3. The smallest absolute Gasteiger partial charge is 0.321 e. The van der Waals surface area contributed by atoms with Crippen LogP contribution in [0.25, 0.3) is 0 Å². The molecule has 0 atom stereocenters. The Kier molecular flexibility index (Phi) is 9.37. The van der Waals surface area contributed by atoms with Crippen LogP contribution in [0, 0.1) is 0 Å². The maximum absolute atomic E-state index is 11.5. The molecule has 0 aromatic heterocycles. The summed E-state index contributed by atoms with van der Waals surface area (Å²) in [6, 6.07) is -0.575. The number of carboxylic acid groups (broad SMARTS) is 1. The summed E-state index contributed by atoms with van der Waals surface area (Å²) in [6.07, 6.45) is 0.764. The van der Waals surface area contributed by atoms with Gasteiger partial charge in [-0.05, 0) is 6.42 Å². The van der Waals surface area contributed by atoms with E-state index in [0.717, 1.165) is 6.42 Å². The number of nitrogens with one attached hydrogen (secondary N) is 2.